The Labute approximate surface area is 197 Å². The number of carbonyl (C=O) groups is 1. The predicted molar refractivity (Wildman–Crippen MR) is 126 cm³/mol. The molecule has 0 radical (unpaired) electrons. The molecule has 8 nitrogen and oxygen atoms in total. The van der Waals surface area contributed by atoms with E-state index in [-0.39, 0.29) is 5.91 Å². The van der Waals surface area contributed by atoms with Crippen LogP contribution in [0.5, 0.6) is 5.75 Å². The summed E-state index contributed by atoms with van der Waals surface area (Å²) in [4.78, 5) is 19.9. The van der Waals surface area contributed by atoms with Gasteiger partial charge in [-0.05, 0) is 49.0 Å². The molecule has 1 saturated heterocycles. The number of rotatable bonds is 11. The van der Waals surface area contributed by atoms with E-state index >= 15 is 0 Å². The van der Waals surface area contributed by atoms with E-state index in [2.05, 4.69) is 27.4 Å². The van der Waals surface area contributed by atoms with Gasteiger partial charge in [0, 0.05) is 45.2 Å². The monoisotopic (exact) mass is 470 g/mol. The van der Waals surface area contributed by atoms with Crippen molar-refractivity contribution in [2.75, 3.05) is 33.4 Å². The van der Waals surface area contributed by atoms with Crippen molar-refractivity contribution in [3.8, 4) is 16.5 Å². The number of aromatic nitrogens is 2. The second-order valence-electron chi connectivity index (χ2n) is 8.09. The molecule has 0 spiro atoms. The first-order valence-electron chi connectivity index (χ1n) is 11.3. The van der Waals surface area contributed by atoms with Crippen LogP contribution in [-0.4, -0.2) is 60.4 Å². The van der Waals surface area contributed by atoms with Gasteiger partial charge in [-0.2, -0.15) is 4.98 Å². The standard InChI is InChI=1S/C24H30N4O4S/c1-28(19-9-12-30-13-10-19)11-14-31-20-5-2-4-18(16-20)17-25-22(29)7-8-23-26-24(27-32-23)21-6-3-15-33-21/h2-6,15-16,19H,7-14,17H2,1H3,(H,25,29). The molecule has 4 rings (SSSR count). The third-order valence-corrected chi connectivity index (χ3v) is 6.56. The molecule has 2 aromatic heterocycles. The summed E-state index contributed by atoms with van der Waals surface area (Å²) >= 11 is 1.55. The molecule has 1 aromatic carbocycles. The number of hydrogen-bond acceptors (Lipinski definition) is 8. The van der Waals surface area contributed by atoms with Crippen LogP contribution < -0.4 is 10.1 Å². The molecule has 0 unspecified atom stereocenters. The number of benzene rings is 1. The lowest BCUT2D eigenvalue weighted by Gasteiger charge is -2.31. The summed E-state index contributed by atoms with van der Waals surface area (Å²) in [6.07, 6.45) is 2.86. The Balaban J connectivity index is 1.16. The Hall–Kier alpha value is -2.75. The number of ether oxygens (including phenoxy) is 2. The van der Waals surface area contributed by atoms with Gasteiger partial charge in [0.25, 0.3) is 0 Å². The number of likely N-dealkylation sites (N-methyl/N-ethyl adjacent to an activating group) is 1. The molecule has 1 amide bonds. The van der Waals surface area contributed by atoms with E-state index in [9.17, 15) is 4.79 Å². The van der Waals surface area contributed by atoms with Gasteiger partial charge in [0.05, 0.1) is 4.88 Å². The molecule has 3 aromatic rings. The largest absolute Gasteiger partial charge is 0.492 e. The molecule has 0 saturated carbocycles. The summed E-state index contributed by atoms with van der Waals surface area (Å²) in [7, 11) is 2.14. The molecule has 1 aliphatic rings. The number of amides is 1. The lowest BCUT2D eigenvalue weighted by atomic mass is 10.1. The Morgan fingerprint density at radius 3 is 2.97 bits per heavy atom. The summed E-state index contributed by atoms with van der Waals surface area (Å²) < 4.78 is 16.6. The minimum Gasteiger partial charge on any atom is -0.492 e. The van der Waals surface area contributed by atoms with E-state index < -0.39 is 0 Å². The zero-order valence-electron chi connectivity index (χ0n) is 18.9. The second-order valence-corrected chi connectivity index (χ2v) is 9.03. The normalized spacial score (nSPS) is 14.5. The van der Waals surface area contributed by atoms with Crippen molar-refractivity contribution in [3.05, 3.63) is 53.2 Å². The van der Waals surface area contributed by atoms with E-state index in [1.807, 2.05) is 41.8 Å². The first-order chi connectivity index (χ1) is 16.2. The Bertz CT molecular complexity index is 1000. The third kappa shape index (κ3) is 7.12. The van der Waals surface area contributed by atoms with Crippen LogP contribution >= 0.6 is 11.3 Å². The third-order valence-electron chi connectivity index (χ3n) is 5.69. The number of hydrogen-bond donors (Lipinski definition) is 1. The van der Waals surface area contributed by atoms with Crippen molar-refractivity contribution in [1.82, 2.24) is 20.4 Å². The summed E-state index contributed by atoms with van der Waals surface area (Å²) in [5.74, 6) is 1.79. The molecule has 1 fully saturated rings. The van der Waals surface area contributed by atoms with Crippen molar-refractivity contribution in [3.63, 3.8) is 0 Å². The highest BCUT2D eigenvalue weighted by Gasteiger charge is 2.18. The van der Waals surface area contributed by atoms with Crippen LogP contribution in [-0.2, 0) is 22.5 Å². The fourth-order valence-corrected chi connectivity index (χ4v) is 4.38. The molecular formula is C24H30N4O4S. The first kappa shape index (κ1) is 23.4. The van der Waals surface area contributed by atoms with Gasteiger partial charge in [0.1, 0.15) is 12.4 Å². The van der Waals surface area contributed by atoms with Crippen LogP contribution in [0.1, 0.15) is 30.7 Å². The number of nitrogens with zero attached hydrogens (tertiary/aromatic N) is 3. The Morgan fingerprint density at radius 1 is 1.27 bits per heavy atom. The van der Waals surface area contributed by atoms with Gasteiger partial charge in [-0.25, -0.2) is 0 Å². The van der Waals surface area contributed by atoms with Gasteiger partial charge in [-0.3, -0.25) is 9.69 Å². The predicted octanol–water partition coefficient (Wildman–Crippen LogP) is 3.54. The molecule has 0 bridgehead atoms. The average Bonchev–Trinajstić information content (AvgIpc) is 3.54. The van der Waals surface area contributed by atoms with Gasteiger partial charge in [0.15, 0.2) is 0 Å². The van der Waals surface area contributed by atoms with Crippen LogP contribution in [0.4, 0.5) is 0 Å². The van der Waals surface area contributed by atoms with Crippen molar-refractivity contribution in [2.24, 2.45) is 0 Å². The molecule has 3 heterocycles. The molecule has 9 heteroatoms. The van der Waals surface area contributed by atoms with Crippen LogP contribution in [0.25, 0.3) is 10.7 Å². The van der Waals surface area contributed by atoms with Crippen LogP contribution in [0.3, 0.4) is 0 Å². The molecule has 0 atom stereocenters. The van der Waals surface area contributed by atoms with Crippen molar-refractivity contribution in [1.29, 1.82) is 0 Å². The SMILES string of the molecule is CN(CCOc1cccc(CNC(=O)CCc2nc(-c3cccs3)no2)c1)C1CCOCC1. The Kier molecular flexibility index (Phi) is 8.46. The number of carbonyl (C=O) groups excluding carboxylic acids is 1. The Morgan fingerprint density at radius 2 is 2.15 bits per heavy atom. The summed E-state index contributed by atoms with van der Waals surface area (Å²) in [5, 5.41) is 8.88. The van der Waals surface area contributed by atoms with E-state index in [0.717, 1.165) is 48.8 Å². The fourth-order valence-electron chi connectivity index (χ4n) is 3.73. The lowest BCUT2D eigenvalue weighted by molar-refractivity contribution is -0.121. The van der Waals surface area contributed by atoms with Crippen LogP contribution in [0, 0.1) is 0 Å². The fraction of sp³-hybridized carbons (Fsp3) is 0.458. The minimum atomic E-state index is -0.0599. The molecular weight excluding hydrogens is 440 g/mol. The molecule has 33 heavy (non-hydrogen) atoms. The second kappa shape index (κ2) is 11.9. The topological polar surface area (TPSA) is 89.7 Å². The van der Waals surface area contributed by atoms with Gasteiger partial charge >= 0.3 is 0 Å². The molecule has 1 aliphatic heterocycles. The quantitative estimate of drug-likeness (QED) is 0.458. The highest BCUT2D eigenvalue weighted by Crippen LogP contribution is 2.21. The van der Waals surface area contributed by atoms with E-state index in [1.165, 1.54) is 0 Å². The zero-order chi connectivity index (χ0) is 22.9. The minimum absolute atomic E-state index is 0.0599. The number of aryl methyl sites for hydroxylation is 1. The van der Waals surface area contributed by atoms with Gasteiger partial charge in [0.2, 0.25) is 17.6 Å². The van der Waals surface area contributed by atoms with Crippen molar-refractivity contribution >= 4 is 17.2 Å². The van der Waals surface area contributed by atoms with E-state index in [0.29, 0.717) is 43.8 Å². The van der Waals surface area contributed by atoms with Crippen LogP contribution in [0.2, 0.25) is 0 Å². The lowest BCUT2D eigenvalue weighted by Crippen LogP contribution is -2.38. The maximum atomic E-state index is 12.3. The van der Waals surface area contributed by atoms with Gasteiger partial charge < -0.3 is 19.3 Å². The summed E-state index contributed by atoms with van der Waals surface area (Å²) in [6.45, 7) is 3.63. The number of nitrogens with one attached hydrogen (secondary N) is 1. The maximum absolute atomic E-state index is 12.3. The van der Waals surface area contributed by atoms with Crippen molar-refractivity contribution in [2.45, 2.75) is 38.3 Å². The smallest absolute Gasteiger partial charge is 0.227 e. The van der Waals surface area contributed by atoms with Gasteiger partial charge in [-0.1, -0.05) is 23.4 Å². The van der Waals surface area contributed by atoms with E-state index in [4.69, 9.17) is 14.0 Å². The van der Waals surface area contributed by atoms with E-state index in [1.54, 1.807) is 11.3 Å². The van der Waals surface area contributed by atoms with Crippen molar-refractivity contribution < 1.29 is 18.8 Å². The zero-order valence-corrected chi connectivity index (χ0v) is 19.7. The highest BCUT2D eigenvalue weighted by molar-refractivity contribution is 7.13. The summed E-state index contributed by atoms with van der Waals surface area (Å²) in [6, 6.07) is 12.3. The number of thiophene rings is 1. The summed E-state index contributed by atoms with van der Waals surface area (Å²) in [5.41, 5.74) is 0.997. The molecule has 176 valence electrons. The highest BCUT2D eigenvalue weighted by atomic mass is 32.1. The van der Waals surface area contributed by atoms with Crippen LogP contribution in [0.15, 0.2) is 46.3 Å². The maximum Gasteiger partial charge on any atom is 0.227 e. The van der Waals surface area contributed by atoms with Gasteiger partial charge in [-0.15, -0.1) is 11.3 Å². The molecule has 1 N–H and O–H groups in total. The molecule has 0 aliphatic carbocycles. The average molecular weight is 471 g/mol. The first-order valence-corrected chi connectivity index (χ1v) is 12.2.